The van der Waals surface area contributed by atoms with Gasteiger partial charge in [0.2, 0.25) is 10.0 Å². The van der Waals surface area contributed by atoms with Crippen molar-refractivity contribution in [2.24, 2.45) is 7.05 Å². The van der Waals surface area contributed by atoms with Gasteiger partial charge in [0, 0.05) is 16.2 Å². The molecule has 0 aliphatic carbocycles. The molecule has 0 radical (unpaired) electrons. The van der Waals surface area contributed by atoms with E-state index in [1.165, 1.54) is 29.8 Å². The zero-order valence-corrected chi connectivity index (χ0v) is 16.5. The average Bonchev–Trinajstić information content (AvgIpc) is 2.50. The van der Waals surface area contributed by atoms with Gasteiger partial charge < -0.3 is 5.32 Å². The first-order valence-corrected chi connectivity index (χ1v) is 9.90. The van der Waals surface area contributed by atoms with Gasteiger partial charge in [0.15, 0.2) is 0 Å². The normalized spacial score (nSPS) is 11.4. The van der Waals surface area contributed by atoms with Crippen LogP contribution in [0.15, 0.2) is 29.1 Å². The minimum Gasteiger partial charge on any atom is -0.337 e. The number of alkyl halides is 1. The number of sulfonamides is 1. The number of halogens is 3. The largest absolute Gasteiger partial charge is 0.337 e. The summed E-state index contributed by atoms with van der Waals surface area (Å²) in [7, 11) is -2.33. The molecule has 0 amide bonds. The molecule has 0 saturated carbocycles. The van der Waals surface area contributed by atoms with E-state index in [-0.39, 0.29) is 22.8 Å². The van der Waals surface area contributed by atoms with Crippen molar-refractivity contribution in [2.45, 2.75) is 6.92 Å². The predicted molar refractivity (Wildman–Crippen MR) is 102 cm³/mol. The average molecular weight is 486 g/mol. The molecule has 10 heteroatoms. The van der Waals surface area contributed by atoms with Gasteiger partial charge in [0.25, 0.3) is 5.56 Å². The molecular weight excluding hydrogens is 472 g/mol. The van der Waals surface area contributed by atoms with Gasteiger partial charge in [-0.25, -0.2) is 12.8 Å². The maximum atomic E-state index is 14.1. The van der Waals surface area contributed by atoms with Gasteiger partial charge in [-0.2, -0.15) is 0 Å². The maximum absolute atomic E-state index is 14.1. The third-order valence-electron chi connectivity index (χ3n) is 3.19. The summed E-state index contributed by atoms with van der Waals surface area (Å²) in [5.74, 6) is -0.416. The minimum atomic E-state index is -3.79. The molecule has 24 heavy (non-hydrogen) atoms. The van der Waals surface area contributed by atoms with Crippen LogP contribution in [0.2, 0.25) is 0 Å². The number of aromatic nitrogens is 1. The van der Waals surface area contributed by atoms with Gasteiger partial charge in [0.1, 0.15) is 16.8 Å². The smallest absolute Gasteiger partial charge is 0.254 e. The van der Waals surface area contributed by atoms with Crippen LogP contribution in [0.1, 0.15) is 5.56 Å². The van der Waals surface area contributed by atoms with Gasteiger partial charge >= 0.3 is 0 Å². The van der Waals surface area contributed by atoms with Crippen LogP contribution < -0.4 is 15.6 Å². The highest BCUT2D eigenvalue weighted by molar-refractivity contribution is 14.1. The SMILES string of the molecule is Cc1cc(NS(=O)(=O)CCl)c(Nc2ccc(I)cc2F)n(C)c1=O. The van der Waals surface area contributed by atoms with E-state index < -0.39 is 21.1 Å². The van der Waals surface area contributed by atoms with E-state index in [9.17, 15) is 17.6 Å². The summed E-state index contributed by atoms with van der Waals surface area (Å²) in [6.45, 7) is 1.55. The Morgan fingerprint density at radius 3 is 2.54 bits per heavy atom. The van der Waals surface area contributed by atoms with Crippen LogP contribution in [-0.2, 0) is 17.1 Å². The highest BCUT2D eigenvalue weighted by Crippen LogP contribution is 2.27. The fourth-order valence-corrected chi connectivity index (χ4v) is 3.20. The quantitative estimate of drug-likeness (QED) is 0.504. The van der Waals surface area contributed by atoms with Crippen molar-refractivity contribution in [3.8, 4) is 0 Å². The molecule has 0 fully saturated rings. The molecule has 0 unspecified atom stereocenters. The lowest BCUT2D eigenvalue weighted by molar-refractivity contribution is 0.605. The van der Waals surface area contributed by atoms with Crippen LogP contribution in [0.3, 0.4) is 0 Å². The van der Waals surface area contributed by atoms with Crippen molar-refractivity contribution in [1.82, 2.24) is 4.57 Å². The van der Waals surface area contributed by atoms with Crippen LogP contribution in [0, 0.1) is 16.3 Å². The molecule has 0 aliphatic rings. The number of pyridine rings is 1. The van der Waals surface area contributed by atoms with E-state index in [1.54, 1.807) is 13.0 Å². The first-order valence-electron chi connectivity index (χ1n) is 6.64. The minimum absolute atomic E-state index is 0.105. The Morgan fingerprint density at radius 1 is 1.29 bits per heavy atom. The van der Waals surface area contributed by atoms with Crippen LogP contribution >= 0.6 is 34.2 Å². The first kappa shape index (κ1) is 19.0. The summed E-state index contributed by atoms with van der Waals surface area (Å²) in [5.41, 5.74) is 0.212. The van der Waals surface area contributed by atoms with Gasteiger partial charge in [0.05, 0.1) is 11.4 Å². The second-order valence-corrected chi connectivity index (χ2v) is 8.58. The van der Waals surface area contributed by atoms with Crippen molar-refractivity contribution < 1.29 is 12.8 Å². The molecule has 0 bridgehead atoms. The Bertz CT molecular complexity index is 947. The molecule has 0 spiro atoms. The molecule has 0 atom stereocenters. The molecule has 1 heterocycles. The van der Waals surface area contributed by atoms with Gasteiger partial charge in [-0.05, 0) is 53.8 Å². The number of anilines is 3. The Hall–Kier alpha value is -1.33. The second-order valence-electron chi connectivity index (χ2n) is 5.03. The molecular formula is C14H14ClFIN3O3S. The Kier molecular flexibility index (Phi) is 5.76. The molecule has 0 saturated heterocycles. The molecule has 1 aromatic carbocycles. The number of hydrogen-bond acceptors (Lipinski definition) is 4. The summed E-state index contributed by atoms with van der Waals surface area (Å²) in [6, 6.07) is 5.87. The third kappa shape index (κ3) is 4.19. The van der Waals surface area contributed by atoms with E-state index in [2.05, 4.69) is 10.0 Å². The monoisotopic (exact) mass is 485 g/mol. The highest BCUT2D eigenvalue weighted by Gasteiger charge is 2.17. The summed E-state index contributed by atoms with van der Waals surface area (Å²) < 4.78 is 41.8. The molecule has 6 nitrogen and oxygen atoms in total. The Labute approximate surface area is 157 Å². The number of nitrogens with zero attached hydrogens (tertiary/aromatic N) is 1. The molecule has 2 rings (SSSR count). The van der Waals surface area contributed by atoms with Gasteiger partial charge in [-0.1, -0.05) is 0 Å². The molecule has 2 aromatic rings. The van der Waals surface area contributed by atoms with Crippen molar-refractivity contribution >= 4 is 61.4 Å². The van der Waals surface area contributed by atoms with Crippen molar-refractivity contribution in [3.63, 3.8) is 0 Å². The maximum Gasteiger partial charge on any atom is 0.254 e. The zero-order valence-electron chi connectivity index (χ0n) is 12.7. The number of rotatable bonds is 5. The summed E-state index contributed by atoms with van der Waals surface area (Å²) in [4.78, 5) is 12.1. The lowest BCUT2D eigenvalue weighted by atomic mass is 10.2. The predicted octanol–water partition coefficient (Wildman–Crippen LogP) is 3.12. The third-order valence-corrected chi connectivity index (χ3v) is 5.54. The summed E-state index contributed by atoms with van der Waals surface area (Å²) in [6.07, 6.45) is 0. The zero-order chi connectivity index (χ0) is 18.1. The number of benzene rings is 1. The second kappa shape index (κ2) is 7.28. The van der Waals surface area contributed by atoms with Crippen molar-refractivity contribution in [3.05, 3.63) is 49.6 Å². The van der Waals surface area contributed by atoms with Gasteiger partial charge in [-0.15, -0.1) is 11.6 Å². The van der Waals surface area contributed by atoms with E-state index >= 15 is 0 Å². The van der Waals surface area contributed by atoms with Crippen LogP contribution in [0.25, 0.3) is 0 Å². The topological polar surface area (TPSA) is 80.2 Å². The molecule has 0 aliphatic heterocycles. The van der Waals surface area contributed by atoms with Gasteiger partial charge in [-0.3, -0.25) is 14.1 Å². The fraction of sp³-hybridized carbons (Fsp3) is 0.214. The van der Waals surface area contributed by atoms with E-state index in [0.717, 1.165) is 0 Å². The molecule has 2 N–H and O–H groups in total. The Balaban J connectivity index is 2.58. The number of hydrogen-bond donors (Lipinski definition) is 2. The first-order chi connectivity index (χ1) is 11.1. The lowest BCUT2D eigenvalue weighted by Gasteiger charge is -2.18. The van der Waals surface area contributed by atoms with E-state index in [4.69, 9.17) is 11.6 Å². The molecule has 130 valence electrons. The van der Waals surface area contributed by atoms with Crippen LogP contribution in [0.4, 0.5) is 21.6 Å². The van der Waals surface area contributed by atoms with Crippen LogP contribution in [0.5, 0.6) is 0 Å². The summed E-state index contributed by atoms with van der Waals surface area (Å²) >= 11 is 7.38. The van der Waals surface area contributed by atoms with Crippen molar-refractivity contribution in [2.75, 3.05) is 15.3 Å². The van der Waals surface area contributed by atoms with Crippen molar-refractivity contribution in [1.29, 1.82) is 0 Å². The fourth-order valence-electron chi connectivity index (χ4n) is 2.04. The molecule has 1 aromatic heterocycles. The highest BCUT2D eigenvalue weighted by atomic mass is 127. The standard InChI is InChI=1S/C14H14ClFIN3O3S/c1-8-5-12(19-24(22,23)7-15)13(20(2)14(8)21)18-11-4-3-9(17)6-10(11)16/h3-6,18-19H,7H2,1-2H3. The summed E-state index contributed by atoms with van der Waals surface area (Å²) in [5, 5.41) is 2.12. The lowest BCUT2D eigenvalue weighted by Crippen LogP contribution is -2.25. The van der Waals surface area contributed by atoms with Crippen LogP contribution in [-0.4, -0.2) is 18.2 Å². The van der Waals surface area contributed by atoms with E-state index in [0.29, 0.717) is 9.13 Å². The van der Waals surface area contributed by atoms with E-state index in [1.807, 2.05) is 22.6 Å². The number of aryl methyl sites for hydroxylation is 1. The Morgan fingerprint density at radius 2 is 1.96 bits per heavy atom. The number of nitrogens with one attached hydrogen (secondary N) is 2.